The molecule has 0 bridgehead atoms. The van der Waals surface area contributed by atoms with Crippen LogP contribution in [0.4, 0.5) is 5.69 Å². The minimum atomic E-state index is -0.462. The van der Waals surface area contributed by atoms with E-state index in [0.717, 1.165) is 11.3 Å². The summed E-state index contributed by atoms with van der Waals surface area (Å²) in [5.74, 6) is 2.19. The second kappa shape index (κ2) is 5.93. The molecule has 7 nitrogen and oxygen atoms in total. The van der Waals surface area contributed by atoms with Crippen LogP contribution in [-0.2, 0) is 0 Å². The number of nitrogens with one attached hydrogen (secondary N) is 2. The quantitative estimate of drug-likeness (QED) is 0.778. The predicted octanol–water partition coefficient (Wildman–Crippen LogP) is 2.45. The van der Waals surface area contributed by atoms with Crippen molar-refractivity contribution < 1.29 is 9.47 Å². The van der Waals surface area contributed by atoms with Crippen LogP contribution in [0.15, 0.2) is 52.4 Å². The van der Waals surface area contributed by atoms with E-state index in [2.05, 4.69) is 20.6 Å². The third kappa shape index (κ3) is 2.93. The van der Waals surface area contributed by atoms with Crippen molar-refractivity contribution in [1.82, 2.24) is 5.32 Å². The predicted molar refractivity (Wildman–Crippen MR) is 92.6 cm³/mol. The number of guanidine groups is 2. The van der Waals surface area contributed by atoms with Gasteiger partial charge in [-0.05, 0) is 36.4 Å². The summed E-state index contributed by atoms with van der Waals surface area (Å²) in [6.07, 6.45) is -0.462. The number of aliphatic imine (C=N–C) groups is 2. The number of ether oxygens (including phenoxy) is 2. The molecule has 0 aliphatic carbocycles. The molecule has 0 aromatic heterocycles. The molecule has 0 fully saturated rings. The molecule has 24 heavy (non-hydrogen) atoms. The largest absolute Gasteiger partial charge is 0.454 e. The molecule has 4 rings (SSSR count). The number of benzene rings is 2. The average Bonchev–Trinajstić information content (AvgIpc) is 3.04. The van der Waals surface area contributed by atoms with Gasteiger partial charge in [0.05, 0.1) is 0 Å². The van der Waals surface area contributed by atoms with E-state index in [1.54, 1.807) is 12.1 Å². The number of nitrogens with zero attached hydrogens (tertiary/aromatic N) is 2. The molecular weight excluding hydrogens is 330 g/mol. The molecule has 2 heterocycles. The average molecular weight is 344 g/mol. The zero-order valence-electron chi connectivity index (χ0n) is 12.5. The van der Waals surface area contributed by atoms with Crippen molar-refractivity contribution >= 4 is 29.2 Å². The molecule has 0 spiro atoms. The normalized spacial score (nSPS) is 18.5. The van der Waals surface area contributed by atoms with Gasteiger partial charge in [-0.3, -0.25) is 5.32 Å². The Bertz CT molecular complexity index is 835. The molecule has 4 N–H and O–H groups in total. The van der Waals surface area contributed by atoms with Crippen LogP contribution in [0, 0.1) is 0 Å². The molecule has 0 saturated heterocycles. The summed E-state index contributed by atoms with van der Waals surface area (Å²) in [6.45, 7) is 0.225. The third-order valence-corrected chi connectivity index (χ3v) is 3.81. The van der Waals surface area contributed by atoms with E-state index >= 15 is 0 Å². The van der Waals surface area contributed by atoms with Crippen LogP contribution in [0.2, 0.25) is 5.02 Å². The number of rotatable bonds is 2. The molecule has 0 amide bonds. The van der Waals surface area contributed by atoms with Gasteiger partial charge in [0.1, 0.15) is 0 Å². The first-order valence-corrected chi connectivity index (χ1v) is 7.65. The van der Waals surface area contributed by atoms with Gasteiger partial charge in [0.2, 0.25) is 12.8 Å². The highest BCUT2D eigenvalue weighted by atomic mass is 35.5. The fourth-order valence-corrected chi connectivity index (χ4v) is 2.55. The lowest BCUT2D eigenvalue weighted by Crippen LogP contribution is -2.43. The first-order chi connectivity index (χ1) is 11.7. The summed E-state index contributed by atoms with van der Waals surface area (Å²) >= 11 is 5.89. The summed E-state index contributed by atoms with van der Waals surface area (Å²) in [6, 6.07) is 12.9. The summed E-state index contributed by atoms with van der Waals surface area (Å²) in [4.78, 5) is 8.87. The van der Waals surface area contributed by atoms with Crippen LogP contribution in [-0.4, -0.2) is 18.7 Å². The SMILES string of the molecule is NC1=N[C@@H](c2ccc3c(c2)OCO3)N=C(Nc2ccc(Cl)cc2)N1. The van der Waals surface area contributed by atoms with Gasteiger partial charge in [-0.25, -0.2) is 9.98 Å². The molecule has 2 aromatic rings. The van der Waals surface area contributed by atoms with Crippen LogP contribution in [0.1, 0.15) is 11.7 Å². The Balaban J connectivity index is 1.59. The van der Waals surface area contributed by atoms with Gasteiger partial charge in [-0.2, -0.15) is 0 Å². The van der Waals surface area contributed by atoms with Gasteiger partial charge in [-0.15, -0.1) is 0 Å². The van der Waals surface area contributed by atoms with E-state index in [9.17, 15) is 0 Å². The van der Waals surface area contributed by atoms with Crippen LogP contribution >= 0.6 is 11.6 Å². The molecule has 8 heteroatoms. The van der Waals surface area contributed by atoms with E-state index in [1.807, 2.05) is 30.3 Å². The number of halogens is 1. The molecule has 0 unspecified atom stereocenters. The maximum Gasteiger partial charge on any atom is 0.231 e. The number of hydrogen-bond donors (Lipinski definition) is 3. The van der Waals surface area contributed by atoms with Crippen molar-refractivity contribution in [2.75, 3.05) is 12.1 Å². The van der Waals surface area contributed by atoms with Crippen LogP contribution in [0.25, 0.3) is 0 Å². The lowest BCUT2D eigenvalue weighted by Gasteiger charge is -2.20. The first-order valence-electron chi connectivity index (χ1n) is 7.27. The summed E-state index contributed by atoms with van der Waals surface area (Å²) in [7, 11) is 0. The highest BCUT2D eigenvalue weighted by Crippen LogP contribution is 2.35. The van der Waals surface area contributed by atoms with Gasteiger partial charge in [0.15, 0.2) is 23.6 Å². The van der Waals surface area contributed by atoms with Crippen molar-refractivity contribution in [2.24, 2.45) is 15.7 Å². The van der Waals surface area contributed by atoms with Crippen molar-refractivity contribution in [2.45, 2.75) is 6.17 Å². The Morgan fingerprint density at radius 2 is 1.88 bits per heavy atom. The zero-order chi connectivity index (χ0) is 16.5. The minimum absolute atomic E-state index is 0.225. The zero-order valence-corrected chi connectivity index (χ0v) is 13.2. The molecular formula is C16H14ClN5O2. The van der Waals surface area contributed by atoms with E-state index in [1.165, 1.54) is 0 Å². The molecule has 122 valence electrons. The van der Waals surface area contributed by atoms with Crippen molar-refractivity contribution in [3.05, 3.63) is 53.1 Å². The molecule has 2 aliphatic rings. The van der Waals surface area contributed by atoms with E-state index in [-0.39, 0.29) is 12.8 Å². The third-order valence-electron chi connectivity index (χ3n) is 3.56. The van der Waals surface area contributed by atoms with Gasteiger partial charge in [0, 0.05) is 16.3 Å². The Morgan fingerprint density at radius 1 is 1.08 bits per heavy atom. The van der Waals surface area contributed by atoms with Crippen LogP contribution in [0.5, 0.6) is 11.5 Å². The monoisotopic (exact) mass is 343 g/mol. The van der Waals surface area contributed by atoms with Gasteiger partial charge in [0.25, 0.3) is 0 Å². The Labute approximate surface area is 143 Å². The van der Waals surface area contributed by atoms with Gasteiger partial charge < -0.3 is 20.5 Å². The molecule has 2 aromatic carbocycles. The lowest BCUT2D eigenvalue weighted by molar-refractivity contribution is 0.174. The van der Waals surface area contributed by atoms with Crippen molar-refractivity contribution in [1.29, 1.82) is 0 Å². The molecule has 0 radical (unpaired) electrons. The fraction of sp³-hybridized carbons (Fsp3) is 0.125. The second-order valence-electron chi connectivity index (χ2n) is 5.24. The Hall–Kier alpha value is -2.93. The first kappa shape index (κ1) is 14.6. The second-order valence-corrected chi connectivity index (χ2v) is 5.67. The number of anilines is 1. The standard InChI is InChI=1S/C16H14ClN5O2/c17-10-2-4-11(5-3-10)19-16-21-14(20-15(18)22-16)9-1-6-12-13(7-9)24-8-23-12/h1-7,14H,8H2,(H4,18,19,20,21,22)/t14-/m1/s1. The lowest BCUT2D eigenvalue weighted by atomic mass is 10.1. The Morgan fingerprint density at radius 3 is 2.71 bits per heavy atom. The van der Waals surface area contributed by atoms with E-state index in [4.69, 9.17) is 26.8 Å². The Kier molecular flexibility index (Phi) is 3.62. The highest BCUT2D eigenvalue weighted by molar-refractivity contribution is 6.30. The molecule has 0 saturated carbocycles. The topological polar surface area (TPSA) is 93.3 Å². The van der Waals surface area contributed by atoms with Crippen LogP contribution in [0.3, 0.4) is 0 Å². The maximum atomic E-state index is 5.89. The van der Waals surface area contributed by atoms with Gasteiger partial charge in [-0.1, -0.05) is 17.7 Å². The summed E-state index contributed by atoms with van der Waals surface area (Å²) in [5.41, 5.74) is 7.58. The summed E-state index contributed by atoms with van der Waals surface area (Å²) < 4.78 is 10.7. The summed E-state index contributed by atoms with van der Waals surface area (Å²) in [5, 5.41) is 6.73. The van der Waals surface area contributed by atoms with Crippen LogP contribution < -0.4 is 25.8 Å². The molecule has 1 atom stereocenters. The minimum Gasteiger partial charge on any atom is -0.454 e. The number of hydrogen-bond acceptors (Lipinski definition) is 7. The van der Waals surface area contributed by atoms with E-state index in [0.29, 0.717) is 22.5 Å². The van der Waals surface area contributed by atoms with Crippen molar-refractivity contribution in [3.63, 3.8) is 0 Å². The fourth-order valence-electron chi connectivity index (χ4n) is 2.43. The van der Waals surface area contributed by atoms with E-state index < -0.39 is 6.17 Å². The van der Waals surface area contributed by atoms with Gasteiger partial charge >= 0.3 is 0 Å². The number of nitrogens with two attached hydrogens (primary N) is 1. The maximum absolute atomic E-state index is 5.89. The molecule has 2 aliphatic heterocycles. The number of fused-ring (bicyclic) bond motifs is 1. The van der Waals surface area contributed by atoms with Crippen molar-refractivity contribution in [3.8, 4) is 11.5 Å². The smallest absolute Gasteiger partial charge is 0.231 e. The highest BCUT2D eigenvalue weighted by Gasteiger charge is 2.20.